The largest absolute Gasteiger partial charge is 0.347 e. The number of non-ortho nitro benzene ring substituents is 1. The van der Waals surface area contributed by atoms with Gasteiger partial charge in [-0.1, -0.05) is 92.7 Å². The minimum Gasteiger partial charge on any atom is -0.347 e. The molecule has 1 aliphatic rings. The molecular weight excluding hydrogens is 465 g/mol. The molecule has 0 atom stereocenters. The Hall–Kier alpha value is -3.95. The predicted octanol–water partition coefficient (Wildman–Crippen LogP) is 7.35. The Balaban J connectivity index is 1.84. The molecule has 1 aliphatic heterocycles. The van der Waals surface area contributed by atoms with Gasteiger partial charge >= 0.3 is 0 Å². The van der Waals surface area contributed by atoms with Gasteiger partial charge in [-0.15, -0.1) is 0 Å². The first-order valence-electron chi connectivity index (χ1n) is 11.9. The van der Waals surface area contributed by atoms with Crippen LogP contribution in [0, 0.1) is 10.1 Å². The first kappa shape index (κ1) is 23.8. The van der Waals surface area contributed by atoms with E-state index in [0.29, 0.717) is 0 Å². The van der Waals surface area contributed by atoms with Gasteiger partial charge in [-0.25, -0.2) is 0 Å². The van der Waals surface area contributed by atoms with Crippen molar-refractivity contribution in [2.75, 3.05) is 11.9 Å². The Kier molecular flexibility index (Phi) is 6.11. The van der Waals surface area contributed by atoms with Gasteiger partial charge in [-0.2, -0.15) is 0 Å². The van der Waals surface area contributed by atoms with E-state index in [0.717, 1.165) is 16.3 Å². The van der Waals surface area contributed by atoms with Crippen molar-refractivity contribution in [1.29, 1.82) is 0 Å². The van der Waals surface area contributed by atoms with E-state index < -0.39 is 7.05 Å². The fraction of sp³-hybridized carbons (Fsp3) is 0.133. The zero-order valence-corrected chi connectivity index (χ0v) is 21.5. The molecule has 0 fully saturated rings. The van der Waals surface area contributed by atoms with Crippen LogP contribution in [0.25, 0.3) is 0 Å². The number of allylic oxidation sites excluding steroid dienone is 1. The van der Waals surface area contributed by atoms with Crippen LogP contribution in [0.3, 0.4) is 0 Å². The Labute approximate surface area is 211 Å². The summed E-state index contributed by atoms with van der Waals surface area (Å²) in [5, 5.41) is 13.5. The molecule has 0 spiro atoms. The monoisotopic (exact) mass is 493 g/mol. The molecular formula is C30H28N3O2P. The van der Waals surface area contributed by atoms with E-state index in [1.165, 1.54) is 29.1 Å². The predicted molar refractivity (Wildman–Crippen MR) is 150 cm³/mol. The molecule has 0 bridgehead atoms. The molecule has 1 heterocycles. The lowest BCUT2D eigenvalue weighted by atomic mass is 9.84. The summed E-state index contributed by atoms with van der Waals surface area (Å²) in [5.74, 6) is 2.37. The maximum absolute atomic E-state index is 11.3. The van der Waals surface area contributed by atoms with Gasteiger partial charge in [-0.3, -0.25) is 14.9 Å². The highest BCUT2D eigenvalue weighted by atomic mass is 31.2. The molecule has 4 aromatic rings. The van der Waals surface area contributed by atoms with Gasteiger partial charge in [0.05, 0.1) is 17.7 Å². The SMILES string of the molecule is CN1/C(=C/P(=Nc2ccc([N+](=O)[O-])cc2)(c2ccccc2)c2ccccc2)C(C)(C)c2ccccc21. The van der Waals surface area contributed by atoms with Gasteiger partial charge in [0.1, 0.15) is 0 Å². The van der Waals surface area contributed by atoms with Crippen LogP contribution in [-0.2, 0) is 5.41 Å². The molecule has 36 heavy (non-hydrogen) atoms. The highest BCUT2D eigenvalue weighted by molar-refractivity contribution is 7.83. The van der Waals surface area contributed by atoms with Crippen LogP contribution in [0.5, 0.6) is 0 Å². The average molecular weight is 494 g/mol. The third kappa shape index (κ3) is 4.06. The van der Waals surface area contributed by atoms with Crippen molar-refractivity contribution < 1.29 is 4.92 Å². The number of fused-ring (bicyclic) bond motifs is 1. The van der Waals surface area contributed by atoms with E-state index in [1.807, 2.05) is 12.1 Å². The lowest BCUT2D eigenvalue weighted by Gasteiger charge is -2.30. The Bertz CT molecular complexity index is 1450. The smallest absolute Gasteiger partial charge is 0.269 e. The Morgan fingerprint density at radius 3 is 1.86 bits per heavy atom. The number of anilines is 1. The Morgan fingerprint density at radius 2 is 1.33 bits per heavy atom. The molecule has 5 nitrogen and oxygen atoms in total. The zero-order valence-electron chi connectivity index (χ0n) is 20.6. The average Bonchev–Trinajstić information content (AvgIpc) is 3.10. The van der Waals surface area contributed by atoms with Crippen molar-refractivity contribution >= 4 is 34.7 Å². The van der Waals surface area contributed by atoms with E-state index in [1.54, 1.807) is 12.1 Å². The summed E-state index contributed by atoms with van der Waals surface area (Å²) in [7, 11) is -0.384. The quantitative estimate of drug-likeness (QED) is 0.166. The van der Waals surface area contributed by atoms with Crippen molar-refractivity contribution in [3.8, 4) is 0 Å². The van der Waals surface area contributed by atoms with Gasteiger partial charge < -0.3 is 4.90 Å². The second-order valence-electron chi connectivity index (χ2n) is 9.45. The number of nitrogens with zero attached hydrogens (tertiary/aromatic N) is 3. The molecule has 0 saturated heterocycles. The van der Waals surface area contributed by atoms with Crippen LogP contribution in [0.1, 0.15) is 19.4 Å². The number of rotatable bonds is 5. The van der Waals surface area contributed by atoms with Crippen molar-refractivity contribution in [3.63, 3.8) is 0 Å². The molecule has 0 radical (unpaired) electrons. The van der Waals surface area contributed by atoms with Gasteiger partial charge in [0, 0.05) is 46.6 Å². The topological polar surface area (TPSA) is 58.7 Å². The molecule has 0 N–H and O–H groups in total. The van der Waals surface area contributed by atoms with Gasteiger partial charge in [-0.05, 0) is 29.6 Å². The second kappa shape index (κ2) is 9.25. The molecule has 4 aromatic carbocycles. The fourth-order valence-electron chi connectivity index (χ4n) is 4.98. The fourth-order valence-corrected chi connectivity index (χ4v) is 8.47. The standard InChI is InChI=1S/C30H28N3O2P/c1-30(2)27-16-10-11-17-28(27)32(3)29(30)22-36(25-12-6-4-7-13-25,26-14-8-5-9-15-26)31-23-18-20-24(21-19-23)33(34)35/h4-22H,1-3H3/b29-22+. The van der Waals surface area contributed by atoms with Gasteiger partial charge in [0.15, 0.2) is 0 Å². The molecule has 0 aromatic heterocycles. The van der Waals surface area contributed by atoms with Crippen molar-refractivity contribution in [1.82, 2.24) is 0 Å². The highest BCUT2D eigenvalue weighted by Crippen LogP contribution is 2.57. The van der Waals surface area contributed by atoms with Gasteiger partial charge in [0.25, 0.3) is 5.69 Å². The van der Waals surface area contributed by atoms with Crippen LogP contribution in [0.2, 0.25) is 0 Å². The molecule has 0 unspecified atom stereocenters. The molecule has 0 aliphatic carbocycles. The third-order valence-corrected chi connectivity index (χ3v) is 10.2. The van der Waals surface area contributed by atoms with Crippen molar-refractivity contribution in [2.45, 2.75) is 19.3 Å². The summed E-state index contributed by atoms with van der Waals surface area (Å²) in [4.78, 5) is 13.2. The molecule has 0 saturated carbocycles. The first-order chi connectivity index (χ1) is 17.3. The number of likely N-dealkylation sites (N-methyl/N-ethyl adjacent to an activating group) is 1. The molecule has 5 rings (SSSR count). The lowest BCUT2D eigenvalue weighted by molar-refractivity contribution is -0.384. The maximum atomic E-state index is 11.3. The maximum Gasteiger partial charge on any atom is 0.269 e. The summed E-state index contributed by atoms with van der Waals surface area (Å²) in [6.45, 7) is 4.52. The summed E-state index contributed by atoms with van der Waals surface area (Å²) in [6, 6.07) is 35.9. The van der Waals surface area contributed by atoms with E-state index in [4.69, 9.17) is 4.74 Å². The van der Waals surface area contributed by atoms with E-state index in [-0.39, 0.29) is 16.0 Å². The minimum atomic E-state index is -2.51. The number of nitro benzene ring substituents is 1. The number of nitro groups is 1. The van der Waals surface area contributed by atoms with Crippen LogP contribution < -0.4 is 15.5 Å². The first-order valence-corrected chi connectivity index (χ1v) is 13.7. The number of para-hydroxylation sites is 1. The Morgan fingerprint density at radius 1 is 0.806 bits per heavy atom. The number of benzene rings is 4. The summed E-state index contributed by atoms with van der Waals surface area (Å²) >= 11 is 0. The second-order valence-corrected chi connectivity index (χ2v) is 12.3. The van der Waals surface area contributed by atoms with E-state index in [2.05, 4.69) is 104 Å². The molecule has 180 valence electrons. The number of hydrogen-bond donors (Lipinski definition) is 0. The van der Waals surface area contributed by atoms with Crippen LogP contribution in [-0.4, -0.2) is 12.0 Å². The van der Waals surface area contributed by atoms with Crippen LogP contribution in [0.15, 0.2) is 125 Å². The highest BCUT2D eigenvalue weighted by Gasteiger charge is 2.40. The summed E-state index contributed by atoms with van der Waals surface area (Å²) < 4.78 is 5.44. The van der Waals surface area contributed by atoms with Crippen molar-refractivity contribution in [2.24, 2.45) is 4.74 Å². The normalized spacial score (nSPS) is 15.5. The molecule has 0 amide bonds. The van der Waals surface area contributed by atoms with Crippen LogP contribution >= 0.6 is 7.05 Å². The van der Waals surface area contributed by atoms with Gasteiger partial charge in [0.2, 0.25) is 0 Å². The molecule has 6 heteroatoms. The zero-order chi connectivity index (χ0) is 25.3. The third-order valence-electron chi connectivity index (χ3n) is 6.88. The van der Waals surface area contributed by atoms with Crippen molar-refractivity contribution in [3.05, 3.63) is 136 Å². The minimum absolute atomic E-state index is 0.0581. The number of hydrogen-bond acceptors (Lipinski definition) is 4. The van der Waals surface area contributed by atoms with E-state index in [9.17, 15) is 10.1 Å². The van der Waals surface area contributed by atoms with E-state index >= 15 is 0 Å². The summed E-state index contributed by atoms with van der Waals surface area (Å²) in [5.41, 5.74) is 4.23. The lowest BCUT2D eigenvalue weighted by Crippen LogP contribution is -2.25. The summed E-state index contributed by atoms with van der Waals surface area (Å²) in [6.07, 6.45) is 0. The van der Waals surface area contributed by atoms with Crippen LogP contribution in [0.4, 0.5) is 17.1 Å².